The van der Waals surface area contributed by atoms with Gasteiger partial charge in [0.15, 0.2) is 0 Å². The minimum atomic E-state index is 0.961. The summed E-state index contributed by atoms with van der Waals surface area (Å²) in [5, 5.41) is 4.23. The van der Waals surface area contributed by atoms with E-state index < -0.39 is 0 Å². The average Bonchev–Trinajstić information content (AvgIpc) is 2.52. The van der Waals surface area contributed by atoms with E-state index in [4.69, 9.17) is 0 Å². The predicted molar refractivity (Wildman–Crippen MR) is 63.7 cm³/mol. The molecule has 4 heteroatoms. The van der Waals surface area contributed by atoms with Gasteiger partial charge in [0.1, 0.15) is 4.60 Å². The molecule has 2 nitrogen and oxygen atoms in total. The van der Waals surface area contributed by atoms with Crippen molar-refractivity contribution < 1.29 is 0 Å². The van der Waals surface area contributed by atoms with E-state index in [1.165, 1.54) is 5.56 Å². The fourth-order valence-corrected chi connectivity index (χ4v) is 2.20. The van der Waals surface area contributed by atoms with Crippen LogP contribution in [0, 0.1) is 6.92 Å². The lowest BCUT2D eigenvalue weighted by Crippen LogP contribution is -1.98. The third kappa shape index (κ3) is 1.77. The van der Waals surface area contributed by atoms with Gasteiger partial charge in [-0.3, -0.25) is 0 Å². The van der Waals surface area contributed by atoms with E-state index in [9.17, 15) is 0 Å². The Bertz CT molecular complexity index is 463. The molecule has 1 aromatic heterocycles. The summed E-state index contributed by atoms with van der Waals surface area (Å²) < 4.78 is 3.91. The summed E-state index contributed by atoms with van der Waals surface area (Å²) in [5.74, 6) is 0. The Labute approximate surface area is 99.2 Å². The molecule has 1 aromatic carbocycles. The Hall–Kier alpha value is -0.610. The molecule has 0 N–H and O–H groups in total. The molecule has 0 atom stereocenters. The first kappa shape index (κ1) is 9.93. The number of benzene rings is 1. The zero-order valence-electron chi connectivity index (χ0n) is 7.54. The number of halogens is 2. The first-order valence-electron chi connectivity index (χ1n) is 4.14. The average molecular weight is 316 g/mol. The molecule has 2 aromatic rings. The highest BCUT2D eigenvalue weighted by atomic mass is 79.9. The monoisotopic (exact) mass is 314 g/mol. The van der Waals surface area contributed by atoms with Crippen molar-refractivity contribution in [3.63, 3.8) is 0 Å². The molecule has 0 fully saturated rings. The quantitative estimate of drug-likeness (QED) is 0.784. The summed E-state index contributed by atoms with van der Waals surface area (Å²) >= 11 is 6.88. The van der Waals surface area contributed by atoms with Crippen LogP contribution in [0.1, 0.15) is 5.56 Å². The standard InChI is InChI=1S/C10H8Br2N2/c1-7-6-8(11)2-3-9(7)14-10(12)4-5-13-14/h2-6H,1H3. The lowest BCUT2D eigenvalue weighted by Gasteiger charge is -2.07. The van der Waals surface area contributed by atoms with E-state index in [1.807, 2.05) is 22.9 Å². The van der Waals surface area contributed by atoms with Crippen molar-refractivity contribution in [2.75, 3.05) is 0 Å². The second-order valence-corrected chi connectivity index (χ2v) is 4.72. The smallest absolute Gasteiger partial charge is 0.109 e. The largest absolute Gasteiger partial charge is 0.226 e. The molecule has 1 heterocycles. The highest BCUT2D eigenvalue weighted by Gasteiger charge is 2.04. The van der Waals surface area contributed by atoms with Crippen LogP contribution in [0.25, 0.3) is 5.69 Å². The van der Waals surface area contributed by atoms with E-state index in [2.05, 4.69) is 49.9 Å². The number of aromatic nitrogens is 2. The normalized spacial score (nSPS) is 10.5. The maximum Gasteiger partial charge on any atom is 0.109 e. The minimum Gasteiger partial charge on any atom is -0.226 e. The van der Waals surface area contributed by atoms with Crippen LogP contribution in [-0.2, 0) is 0 Å². The van der Waals surface area contributed by atoms with Crippen molar-refractivity contribution in [2.45, 2.75) is 6.92 Å². The van der Waals surface area contributed by atoms with Gasteiger partial charge in [0.25, 0.3) is 0 Å². The fraction of sp³-hybridized carbons (Fsp3) is 0.100. The predicted octanol–water partition coefficient (Wildman–Crippen LogP) is 3.71. The molecule has 0 aliphatic heterocycles. The first-order valence-corrected chi connectivity index (χ1v) is 5.73. The number of nitrogens with zero attached hydrogens (tertiary/aromatic N) is 2. The van der Waals surface area contributed by atoms with Gasteiger partial charge in [-0.15, -0.1) is 0 Å². The van der Waals surface area contributed by atoms with Crippen LogP contribution in [0.3, 0.4) is 0 Å². The number of aryl methyl sites for hydroxylation is 1. The summed E-state index contributed by atoms with van der Waals surface area (Å²) in [6, 6.07) is 8.04. The molecule has 0 aliphatic rings. The zero-order chi connectivity index (χ0) is 10.1. The molecular formula is C10H8Br2N2. The zero-order valence-corrected chi connectivity index (χ0v) is 10.7. The molecule has 0 saturated heterocycles. The number of hydrogen-bond donors (Lipinski definition) is 0. The van der Waals surface area contributed by atoms with E-state index in [1.54, 1.807) is 6.20 Å². The molecule has 0 unspecified atom stereocenters. The van der Waals surface area contributed by atoms with E-state index in [0.29, 0.717) is 0 Å². The van der Waals surface area contributed by atoms with Crippen molar-refractivity contribution in [1.82, 2.24) is 9.78 Å². The van der Waals surface area contributed by atoms with Gasteiger partial charge in [-0.25, -0.2) is 4.68 Å². The van der Waals surface area contributed by atoms with Crippen LogP contribution in [0.5, 0.6) is 0 Å². The van der Waals surface area contributed by atoms with Gasteiger partial charge in [0, 0.05) is 4.47 Å². The lowest BCUT2D eigenvalue weighted by molar-refractivity contribution is 0.853. The van der Waals surface area contributed by atoms with E-state index in [-0.39, 0.29) is 0 Å². The van der Waals surface area contributed by atoms with Gasteiger partial charge in [-0.05, 0) is 52.7 Å². The molecule has 72 valence electrons. The third-order valence-electron chi connectivity index (χ3n) is 1.98. The maximum absolute atomic E-state index is 4.23. The van der Waals surface area contributed by atoms with Crippen molar-refractivity contribution in [3.8, 4) is 5.69 Å². The molecule has 0 saturated carbocycles. The molecule has 0 aliphatic carbocycles. The highest BCUT2D eigenvalue weighted by molar-refractivity contribution is 9.10. The Morgan fingerprint density at radius 1 is 1.21 bits per heavy atom. The Balaban J connectivity index is 2.58. The summed E-state index contributed by atoms with van der Waals surface area (Å²) in [4.78, 5) is 0. The molecule has 2 rings (SSSR count). The summed E-state index contributed by atoms with van der Waals surface area (Å²) in [6.07, 6.45) is 1.77. The van der Waals surface area contributed by atoms with Gasteiger partial charge < -0.3 is 0 Å². The van der Waals surface area contributed by atoms with Gasteiger partial charge in [-0.1, -0.05) is 15.9 Å². The summed E-state index contributed by atoms with van der Waals surface area (Å²) in [6.45, 7) is 2.06. The van der Waals surface area contributed by atoms with Crippen LogP contribution in [0.2, 0.25) is 0 Å². The van der Waals surface area contributed by atoms with Crippen molar-refractivity contribution in [3.05, 3.63) is 45.1 Å². The van der Waals surface area contributed by atoms with Gasteiger partial charge >= 0.3 is 0 Å². The van der Waals surface area contributed by atoms with Crippen LogP contribution < -0.4 is 0 Å². The van der Waals surface area contributed by atoms with Crippen LogP contribution in [0.15, 0.2) is 39.5 Å². The maximum atomic E-state index is 4.23. The Morgan fingerprint density at radius 2 is 2.00 bits per heavy atom. The number of rotatable bonds is 1. The summed E-state index contributed by atoms with van der Waals surface area (Å²) in [7, 11) is 0. The fourth-order valence-electron chi connectivity index (χ4n) is 1.32. The highest BCUT2D eigenvalue weighted by Crippen LogP contribution is 2.21. The van der Waals surface area contributed by atoms with E-state index >= 15 is 0 Å². The van der Waals surface area contributed by atoms with Crippen LogP contribution in [0.4, 0.5) is 0 Å². The van der Waals surface area contributed by atoms with Crippen molar-refractivity contribution in [2.24, 2.45) is 0 Å². The molecular weight excluding hydrogens is 308 g/mol. The van der Waals surface area contributed by atoms with E-state index in [0.717, 1.165) is 14.8 Å². The Kier molecular flexibility index (Phi) is 2.74. The van der Waals surface area contributed by atoms with Gasteiger partial charge in [0.05, 0.1) is 11.9 Å². The van der Waals surface area contributed by atoms with Gasteiger partial charge in [-0.2, -0.15) is 5.10 Å². The minimum absolute atomic E-state index is 0.961. The van der Waals surface area contributed by atoms with Crippen molar-refractivity contribution in [1.29, 1.82) is 0 Å². The van der Waals surface area contributed by atoms with Crippen molar-refractivity contribution >= 4 is 31.9 Å². The summed E-state index contributed by atoms with van der Waals surface area (Å²) in [5.41, 5.74) is 2.27. The van der Waals surface area contributed by atoms with Gasteiger partial charge in [0.2, 0.25) is 0 Å². The molecule has 14 heavy (non-hydrogen) atoms. The Morgan fingerprint density at radius 3 is 2.57 bits per heavy atom. The molecule has 0 bridgehead atoms. The second-order valence-electron chi connectivity index (χ2n) is 3.00. The number of hydrogen-bond acceptors (Lipinski definition) is 1. The van der Waals surface area contributed by atoms with Crippen LogP contribution in [-0.4, -0.2) is 9.78 Å². The topological polar surface area (TPSA) is 17.8 Å². The lowest BCUT2D eigenvalue weighted by atomic mass is 10.2. The second kappa shape index (κ2) is 3.87. The SMILES string of the molecule is Cc1cc(Br)ccc1-n1nccc1Br. The third-order valence-corrected chi connectivity index (χ3v) is 3.08. The van der Waals surface area contributed by atoms with Crippen LogP contribution >= 0.6 is 31.9 Å². The first-order chi connectivity index (χ1) is 6.68. The molecule has 0 radical (unpaired) electrons. The molecule has 0 spiro atoms. The molecule has 0 amide bonds.